The number of amides is 2. The predicted octanol–water partition coefficient (Wildman–Crippen LogP) is 1.85. The standard InChI is InChI=1S/C15H15NO5S/c1-10-6-8-11(9-7-10)22(19,20)21-16-14(17)12-4-2-3-5-13(12)15(16)18/h6-9H,2-5H2,1H3. The largest absolute Gasteiger partial charge is 0.318 e. The molecule has 0 fully saturated rings. The van der Waals surface area contributed by atoms with Crippen LogP contribution in [0.25, 0.3) is 0 Å². The molecule has 1 heterocycles. The van der Waals surface area contributed by atoms with Crippen molar-refractivity contribution in [3.05, 3.63) is 41.0 Å². The number of aryl methyl sites for hydroxylation is 1. The Morgan fingerprint density at radius 3 is 1.95 bits per heavy atom. The van der Waals surface area contributed by atoms with E-state index < -0.39 is 21.9 Å². The van der Waals surface area contributed by atoms with Crippen molar-refractivity contribution < 1.29 is 22.3 Å². The number of carbonyl (C=O) groups is 2. The summed E-state index contributed by atoms with van der Waals surface area (Å²) in [7, 11) is -4.21. The molecule has 1 aromatic rings. The summed E-state index contributed by atoms with van der Waals surface area (Å²) in [6.45, 7) is 1.82. The normalized spacial score (nSPS) is 18.9. The summed E-state index contributed by atoms with van der Waals surface area (Å²) in [6, 6.07) is 5.99. The second-order valence-corrected chi connectivity index (χ2v) is 6.94. The van der Waals surface area contributed by atoms with Crippen LogP contribution >= 0.6 is 0 Å². The smallest absolute Gasteiger partial charge is 0.267 e. The van der Waals surface area contributed by atoms with Gasteiger partial charge in [-0.1, -0.05) is 17.7 Å². The molecule has 0 bridgehead atoms. The van der Waals surface area contributed by atoms with E-state index in [1.807, 2.05) is 6.92 Å². The van der Waals surface area contributed by atoms with Gasteiger partial charge >= 0.3 is 10.1 Å². The molecule has 0 N–H and O–H groups in total. The molecule has 3 rings (SSSR count). The number of hydroxylamine groups is 2. The van der Waals surface area contributed by atoms with Crippen LogP contribution in [0.1, 0.15) is 31.2 Å². The Morgan fingerprint density at radius 2 is 1.45 bits per heavy atom. The first kappa shape index (κ1) is 14.9. The van der Waals surface area contributed by atoms with Gasteiger partial charge in [0.25, 0.3) is 11.8 Å². The molecule has 0 unspecified atom stereocenters. The minimum Gasteiger partial charge on any atom is -0.267 e. The number of imide groups is 1. The summed E-state index contributed by atoms with van der Waals surface area (Å²) in [5.74, 6) is -1.31. The molecule has 2 aliphatic rings. The highest BCUT2D eigenvalue weighted by atomic mass is 32.2. The van der Waals surface area contributed by atoms with E-state index >= 15 is 0 Å². The number of benzene rings is 1. The van der Waals surface area contributed by atoms with Crippen molar-refractivity contribution in [3.63, 3.8) is 0 Å². The topological polar surface area (TPSA) is 80.8 Å². The Labute approximate surface area is 128 Å². The lowest BCUT2D eigenvalue weighted by molar-refractivity contribution is -0.162. The molecule has 6 nitrogen and oxygen atoms in total. The number of hydrogen-bond donors (Lipinski definition) is 0. The monoisotopic (exact) mass is 321 g/mol. The van der Waals surface area contributed by atoms with Crippen LogP contribution in [0.15, 0.2) is 40.3 Å². The van der Waals surface area contributed by atoms with E-state index in [1.54, 1.807) is 12.1 Å². The number of carbonyl (C=O) groups excluding carboxylic acids is 2. The lowest BCUT2D eigenvalue weighted by Gasteiger charge is -2.14. The van der Waals surface area contributed by atoms with Gasteiger partial charge in [-0.2, -0.15) is 8.42 Å². The first-order valence-electron chi connectivity index (χ1n) is 7.02. The van der Waals surface area contributed by atoms with Gasteiger partial charge in [-0.25, -0.2) is 0 Å². The van der Waals surface area contributed by atoms with Crippen molar-refractivity contribution in [2.24, 2.45) is 0 Å². The highest BCUT2D eigenvalue weighted by Crippen LogP contribution is 2.34. The van der Waals surface area contributed by atoms with Crippen molar-refractivity contribution in [3.8, 4) is 0 Å². The van der Waals surface area contributed by atoms with Gasteiger partial charge in [-0.3, -0.25) is 9.59 Å². The fourth-order valence-electron chi connectivity index (χ4n) is 2.63. The van der Waals surface area contributed by atoms with Crippen LogP contribution in [0.4, 0.5) is 0 Å². The van der Waals surface area contributed by atoms with E-state index in [0.717, 1.165) is 18.4 Å². The van der Waals surface area contributed by atoms with Crippen LogP contribution < -0.4 is 0 Å². The summed E-state index contributed by atoms with van der Waals surface area (Å²) in [5.41, 5.74) is 1.66. The van der Waals surface area contributed by atoms with Crippen LogP contribution in [0.5, 0.6) is 0 Å². The molecule has 7 heteroatoms. The maximum Gasteiger partial charge on any atom is 0.318 e. The van der Waals surface area contributed by atoms with Gasteiger partial charge in [0.2, 0.25) is 0 Å². The van der Waals surface area contributed by atoms with Crippen molar-refractivity contribution in [2.45, 2.75) is 37.5 Å². The Morgan fingerprint density at radius 1 is 0.955 bits per heavy atom. The van der Waals surface area contributed by atoms with E-state index in [4.69, 9.17) is 4.28 Å². The molecule has 0 saturated heterocycles. The second-order valence-electron chi connectivity index (χ2n) is 5.41. The lowest BCUT2D eigenvalue weighted by Crippen LogP contribution is -2.34. The highest BCUT2D eigenvalue weighted by molar-refractivity contribution is 7.86. The van der Waals surface area contributed by atoms with Gasteiger partial charge < -0.3 is 0 Å². The van der Waals surface area contributed by atoms with E-state index in [-0.39, 0.29) is 4.90 Å². The van der Waals surface area contributed by atoms with Crippen molar-refractivity contribution in [1.29, 1.82) is 0 Å². The van der Waals surface area contributed by atoms with Gasteiger partial charge in [-0.05, 0) is 44.7 Å². The van der Waals surface area contributed by atoms with Crippen LogP contribution in [-0.2, 0) is 24.0 Å². The molecule has 2 amide bonds. The molecule has 0 saturated carbocycles. The molecule has 0 atom stereocenters. The average molecular weight is 321 g/mol. The summed E-state index contributed by atoms with van der Waals surface area (Å²) in [4.78, 5) is 24.2. The van der Waals surface area contributed by atoms with Crippen LogP contribution in [-0.4, -0.2) is 25.3 Å². The molecular formula is C15H15NO5S. The second kappa shape index (κ2) is 5.33. The minimum atomic E-state index is -4.21. The van der Waals surface area contributed by atoms with Gasteiger partial charge in [0.1, 0.15) is 0 Å². The third-order valence-electron chi connectivity index (χ3n) is 3.84. The Balaban J connectivity index is 1.86. The third kappa shape index (κ3) is 2.46. The van der Waals surface area contributed by atoms with Gasteiger partial charge in [0, 0.05) is 11.1 Å². The molecule has 1 aliphatic carbocycles. The van der Waals surface area contributed by atoms with Crippen LogP contribution in [0.2, 0.25) is 0 Å². The van der Waals surface area contributed by atoms with Crippen LogP contribution in [0.3, 0.4) is 0 Å². The van der Waals surface area contributed by atoms with Crippen molar-refractivity contribution in [1.82, 2.24) is 5.06 Å². The Kier molecular flexibility index (Phi) is 3.62. The molecule has 0 spiro atoms. The molecule has 116 valence electrons. The first-order chi connectivity index (χ1) is 10.4. The minimum absolute atomic E-state index is 0.0939. The van der Waals surface area contributed by atoms with Crippen LogP contribution in [0, 0.1) is 6.92 Å². The van der Waals surface area contributed by atoms with E-state index in [9.17, 15) is 18.0 Å². The number of nitrogens with zero attached hydrogens (tertiary/aromatic N) is 1. The Bertz CT molecular complexity index is 749. The molecule has 1 aliphatic heterocycles. The molecule has 1 aromatic carbocycles. The van der Waals surface area contributed by atoms with Gasteiger partial charge in [0.15, 0.2) is 0 Å². The quantitative estimate of drug-likeness (QED) is 0.794. The maximum atomic E-state index is 12.2. The molecule has 0 aromatic heterocycles. The van der Waals surface area contributed by atoms with E-state index in [1.165, 1.54) is 12.1 Å². The highest BCUT2D eigenvalue weighted by Gasteiger charge is 2.42. The number of hydrogen-bond acceptors (Lipinski definition) is 5. The van der Waals surface area contributed by atoms with Crippen molar-refractivity contribution in [2.75, 3.05) is 0 Å². The maximum absolute atomic E-state index is 12.2. The summed E-state index contributed by atoms with van der Waals surface area (Å²) in [6.07, 6.45) is 2.61. The van der Waals surface area contributed by atoms with Crippen molar-refractivity contribution >= 4 is 21.9 Å². The zero-order valence-electron chi connectivity index (χ0n) is 12.0. The first-order valence-corrected chi connectivity index (χ1v) is 8.43. The third-order valence-corrected chi connectivity index (χ3v) is 5.03. The fraction of sp³-hybridized carbons (Fsp3) is 0.333. The Hall–Kier alpha value is -1.99. The zero-order chi connectivity index (χ0) is 15.9. The van der Waals surface area contributed by atoms with Gasteiger partial charge in [-0.15, -0.1) is 9.35 Å². The molecule has 0 radical (unpaired) electrons. The molecular weight excluding hydrogens is 306 g/mol. The molecule has 22 heavy (non-hydrogen) atoms. The summed E-state index contributed by atoms with van der Waals surface area (Å²) in [5, 5.41) is 0.380. The van der Waals surface area contributed by atoms with Gasteiger partial charge in [0.05, 0.1) is 4.90 Å². The van der Waals surface area contributed by atoms with E-state index in [2.05, 4.69) is 0 Å². The number of rotatable bonds is 3. The van der Waals surface area contributed by atoms with E-state index in [0.29, 0.717) is 29.1 Å². The predicted molar refractivity (Wildman–Crippen MR) is 76.8 cm³/mol. The SMILES string of the molecule is Cc1ccc(S(=O)(=O)ON2C(=O)C3=C(CCCC3)C2=O)cc1. The summed E-state index contributed by atoms with van der Waals surface area (Å²) >= 11 is 0. The summed E-state index contributed by atoms with van der Waals surface area (Å²) < 4.78 is 29.2. The average Bonchev–Trinajstić information content (AvgIpc) is 2.73. The lowest BCUT2D eigenvalue weighted by atomic mass is 9.93. The zero-order valence-corrected chi connectivity index (χ0v) is 12.9. The fourth-order valence-corrected chi connectivity index (χ4v) is 3.52.